The molecule has 0 aromatic heterocycles. The highest BCUT2D eigenvalue weighted by Gasteiger charge is 2.76. The molecular weight excluding hydrogens is 320 g/mol. The molecule has 0 unspecified atom stereocenters. The van der Waals surface area contributed by atoms with Crippen molar-refractivity contribution in [3.63, 3.8) is 0 Å². The molecule has 7 fully saturated rings. The Hall–Kier alpha value is -0.660. The van der Waals surface area contributed by atoms with Crippen molar-refractivity contribution in [3.8, 4) is 0 Å². The minimum atomic E-state index is 0.151. The molecule has 0 radical (unpaired) electrons. The van der Waals surface area contributed by atoms with Crippen molar-refractivity contribution in [3.05, 3.63) is 0 Å². The summed E-state index contributed by atoms with van der Waals surface area (Å²) >= 11 is 0. The van der Waals surface area contributed by atoms with Crippen LogP contribution in [-0.4, -0.2) is 11.6 Å². The average Bonchev–Trinajstić information content (AvgIpc) is 3.49. The van der Waals surface area contributed by atoms with Crippen LogP contribution in [0.1, 0.15) is 77.0 Å². The molecule has 0 amide bonds. The zero-order chi connectivity index (χ0) is 17.3. The Morgan fingerprint density at radius 1 is 0.500 bits per heavy atom. The molecule has 0 N–H and O–H groups in total. The van der Waals surface area contributed by atoms with Crippen molar-refractivity contribution >= 4 is 11.6 Å². The van der Waals surface area contributed by atoms with Gasteiger partial charge in [0.1, 0.15) is 11.6 Å². The third-order valence-electron chi connectivity index (χ3n) is 11.4. The van der Waals surface area contributed by atoms with Gasteiger partial charge in [-0.25, -0.2) is 0 Å². The van der Waals surface area contributed by atoms with Crippen molar-refractivity contribution in [2.75, 3.05) is 0 Å². The van der Waals surface area contributed by atoms with E-state index in [2.05, 4.69) is 0 Å². The first-order valence-corrected chi connectivity index (χ1v) is 11.8. The zero-order valence-electron chi connectivity index (χ0n) is 15.9. The number of Topliss-reactive ketones (excluding diaryl/α,β-unsaturated/α-hetero) is 2. The lowest BCUT2D eigenvalue weighted by Gasteiger charge is -2.42. The first kappa shape index (κ1) is 15.3. The van der Waals surface area contributed by atoms with Crippen LogP contribution in [-0.2, 0) is 9.59 Å². The number of carbonyl (C=O) groups excluding carboxylic acids is 2. The highest BCUT2D eigenvalue weighted by Crippen LogP contribution is 2.76. The Kier molecular flexibility index (Phi) is 2.74. The lowest BCUT2D eigenvalue weighted by molar-refractivity contribution is -0.152. The van der Waals surface area contributed by atoms with Gasteiger partial charge in [0.2, 0.25) is 0 Å². The molecule has 8 atom stereocenters. The molecule has 2 heteroatoms. The summed E-state index contributed by atoms with van der Waals surface area (Å²) in [6, 6.07) is 0. The number of hydrogen-bond donors (Lipinski definition) is 0. The summed E-state index contributed by atoms with van der Waals surface area (Å²) in [4.78, 5) is 27.9. The maximum atomic E-state index is 13.9. The van der Waals surface area contributed by atoms with Gasteiger partial charge in [-0.05, 0) is 85.9 Å². The maximum Gasteiger partial charge on any atom is 0.141 e. The van der Waals surface area contributed by atoms with Crippen molar-refractivity contribution in [1.29, 1.82) is 0 Å². The van der Waals surface area contributed by atoms with Gasteiger partial charge in [0, 0.05) is 23.7 Å². The zero-order valence-corrected chi connectivity index (χ0v) is 15.9. The van der Waals surface area contributed by atoms with Crippen molar-refractivity contribution < 1.29 is 9.59 Å². The summed E-state index contributed by atoms with van der Waals surface area (Å²) in [5, 5.41) is 0. The molecule has 0 aliphatic heterocycles. The van der Waals surface area contributed by atoms with Crippen LogP contribution in [0.2, 0.25) is 0 Å². The molecule has 7 aliphatic carbocycles. The molecule has 7 saturated carbocycles. The molecule has 0 saturated heterocycles. The van der Waals surface area contributed by atoms with Gasteiger partial charge in [0.15, 0.2) is 0 Å². The largest absolute Gasteiger partial charge is 0.299 e. The fraction of sp³-hybridized carbons (Fsp3) is 0.917. The average molecular weight is 353 g/mol. The van der Waals surface area contributed by atoms with E-state index in [0.29, 0.717) is 46.1 Å². The Morgan fingerprint density at radius 3 is 1.04 bits per heavy atom. The van der Waals surface area contributed by atoms with Crippen molar-refractivity contribution in [2.24, 2.45) is 58.2 Å². The van der Waals surface area contributed by atoms with E-state index in [1.165, 1.54) is 77.0 Å². The normalized spacial score (nSPS) is 54.6. The molecule has 140 valence electrons. The second-order valence-corrected chi connectivity index (χ2v) is 11.4. The van der Waals surface area contributed by atoms with Gasteiger partial charge in [-0.3, -0.25) is 9.59 Å². The maximum absolute atomic E-state index is 13.9. The highest BCUT2D eigenvalue weighted by atomic mass is 16.1. The van der Waals surface area contributed by atoms with Crippen LogP contribution in [0, 0.1) is 58.2 Å². The Morgan fingerprint density at radius 2 is 0.769 bits per heavy atom. The SMILES string of the molecule is O=C1[C@@H]2[C@H](C(=O)[C@H]3[C@@H]1[C@H]1CC[C@@H]3C13CCCC3)[C@@H]1CC[C@H]2C12CCCC2. The molecule has 7 rings (SSSR count). The van der Waals surface area contributed by atoms with E-state index in [4.69, 9.17) is 0 Å². The summed E-state index contributed by atoms with van der Waals surface area (Å²) in [5.74, 6) is 4.14. The topological polar surface area (TPSA) is 34.1 Å². The number of rotatable bonds is 0. The van der Waals surface area contributed by atoms with Crippen LogP contribution in [0.25, 0.3) is 0 Å². The molecule has 4 bridgehead atoms. The molecule has 7 aliphatic rings. The minimum absolute atomic E-state index is 0.151. The smallest absolute Gasteiger partial charge is 0.141 e. The number of carbonyl (C=O) groups is 2. The molecule has 0 heterocycles. The van der Waals surface area contributed by atoms with Crippen LogP contribution in [0.4, 0.5) is 0 Å². The molecule has 26 heavy (non-hydrogen) atoms. The van der Waals surface area contributed by atoms with Crippen LogP contribution in [0.5, 0.6) is 0 Å². The van der Waals surface area contributed by atoms with E-state index >= 15 is 0 Å². The first-order chi connectivity index (χ1) is 12.7. The minimum Gasteiger partial charge on any atom is -0.299 e. The fourth-order valence-corrected chi connectivity index (χ4v) is 11.1. The standard InChI is InChI=1S/C24H32O2/c25-21-17-13-5-6-14(23(13)9-1-2-10-23)18(17)22(26)20-16-8-7-15(19(20)21)24(16)11-3-4-12-24/h13-20H,1-12H2/t13-,14+,15-,16+,17+,18-,19+,20-. The van der Waals surface area contributed by atoms with E-state index in [1.54, 1.807) is 0 Å². The van der Waals surface area contributed by atoms with E-state index < -0.39 is 0 Å². The van der Waals surface area contributed by atoms with Gasteiger partial charge in [-0.15, -0.1) is 0 Å². The second kappa shape index (κ2) is 4.66. The Labute approximate surface area is 156 Å². The number of ketones is 2. The van der Waals surface area contributed by atoms with E-state index in [1.807, 2.05) is 0 Å². The summed E-state index contributed by atoms with van der Waals surface area (Å²) in [6.45, 7) is 0. The van der Waals surface area contributed by atoms with Gasteiger partial charge >= 0.3 is 0 Å². The summed E-state index contributed by atoms with van der Waals surface area (Å²) < 4.78 is 0. The number of hydrogen-bond acceptors (Lipinski definition) is 2. The summed E-state index contributed by atoms with van der Waals surface area (Å²) in [6.07, 6.45) is 15.7. The van der Waals surface area contributed by atoms with Gasteiger partial charge in [0.05, 0.1) is 0 Å². The summed E-state index contributed by atoms with van der Waals surface area (Å²) in [5.41, 5.74) is 0.812. The van der Waals surface area contributed by atoms with Gasteiger partial charge in [-0.2, -0.15) is 0 Å². The molecule has 0 aromatic carbocycles. The van der Waals surface area contributed by atoms with Crippen LogP contribution in [0.3, 0.4) is 0 Å². The first-order valence-electron chi connectivity index (χ1n) is 11.8. The van der Waals surface area contributed by atoms with Crippen LogP contribution in [0.15, 0.2) is 0 Å². The van der Waals surface area contributed by atoms with E-state index in [-0.39, 0.29) is 23.7 Å². The van der Waals surface area contributed by atoms with Crippen LogP contribution >= 0.6 is 0 Å². The summed E-state index contributed by atoms with van der Waals surface area (Å²) in [7, 11) is 0. The fourth-order valence-electron chi connectivity index (χ4n) is 11.1. The van der Waals surface area contributed by atoms with Gasteiger partial charge < -0.3 is 0 Å². The van der Waals surface area contributed by atoms with Gasteiger partial charge in [0.25, 0.3) is 0 Å². The second-order valence-electron chi connectivity index (χ2n) is 11.4. The highest BCUT2D eigenvalue weighted by molar-refractivity contribution is 6.02. The quantitative estimate of drug-likeness (QED) is 0.627. The molecule has 2 spiro atoms. The number of fused-ring (bicyclic) bond motifs is 6. The lowest BCUT2D eigenvalue weighted by atomic mass is 9.58. The predicted octanol–water partition coefficient (Wildman–Crippen LogP) is 4.80. The van der Waals surface area contributed by atoms with Crippen LogP contribution < -0.4 is 0 Å². The lowest BCUT2D eigenvalue weighted by Crippen LogP contribution is -2.51. The van der Waals surface area contributed by atoms with E-state index in [9.17, 15) is 9.59 Å². The third kappa shape index (κ3) is 1.40. The third-order valence-corrected chi connectivity index (χ3v) is 11.4. The molecule has 0 aromatic rings. The van der Waals surface area contributed by atoms with Gasteiger partial charge in [-0.1, -0.05) is 25.7 Å². The van der Waals surface area contributed by atoms with E-state index in [0.717, 1.165) is 0 Å². The Balaban J connectivity index is 1.34. The Bertz CT molecular complexity index is 591. The van der Waals surface area contributed by atoms with Crippen molar-refractivity contribution in [2.45, 2.75) is 77.0 Å². The molecular formula is C24H32O2. The predicted molar refractivity (Wildman–Crippen MR) is 98.2 cm³/mol. The molecule has 2 nitrogen and oxygen atoms in total. The monoisotopic (exact) mass is 352 g/mol. The van der Waals surface area contributed by atoms with Crippen molar-refractivity contribution in [1.82, 2.24) is 0 Å².